The van der Waals surface area contributed by atoms with E-state index in [1.54, 1.807) is 0 Å². The monoisotopic (exact) mass is 567 g/mol. The first-order valence-corrected chi connectivity index (χ1v) is 17.8. The van der Waals surface area contributed by atoms with E-state index in [0.29, 0.717) is 41.8 Å². The molecular formula is C36H61N3O2. The Labute approximate surface area is 250 Å². The Hall–Kier alpha value is -0.460. The van der Waals surface area contributed by atoms with Gasteiger partial charge in [-0.05, 0) is 131 Å². The molecule has 2 spiro atoms. The standard InChI is InChI=1S/C36H61N3O2/c1-22(2)19-38-23(3)7-6-8-24-13-29-31-26(10-11-27(39-31)20-37-5)17-36-30(18-34(29,36)15-24)35(41)16-25-9-12-28(32(36)40)33(4,14-25)21-35/h9,12,22-32,37-41H,6-8,10-11,13-21H2,1-5H3/t23-,24-,25-,26+,27-,28-,29-,30-,31+,32-,33+,34+,35+,36-/m0/s1. The second kappa shape index (κ2) is 10.3. The molecule has 0 radical (unpaired) electrons. The minimum atomic E-state index is -0.604. The Kier molecular flexibility index (Phi) is 7.35. The van der Waals surface area contributed by atoms with Gasteiger partial charge in [0, 0.05) is 36.0 Å². The highest BCUT2D eigenvalue weighted by Gasteiger charge is 2.82. The fourth-order valence-corrected chi connectivity index (χ4v) is 13.2. The van der Waals surface area contributed by atoms with Crippen LogP contribution in [0.3, 0.4) is 0 Å². The van der Waals surface area contributed by atoms with Crippen molar-refractivity contribution in [1.82, 2.24) is 16.0 Å². The Morgan fingerprint density at radius 2 is 1.88 bits per heavy atom. The second-order valence-electron chi connectivity index (χ2n) is 17.4. The lowest BCUT2D eigenvalue weighted by Gasteiger charge is -2.75. The minimum Gasteiger partial charge on any atom is -0.392 e. The Bertz CT molecular complexity index is 1020. The third-order valence-electron chi connectivity index (χ3n) is 14.5. The molecule has 0 amide bonds. The number of rotatable bonds is 9. The molecule has 6 fully saturated rings. The van der Waals surface area contributed by atoms with Gasteiger partial charge < -0.3 is 26.2 Å². The van der Waals surface area contributed by atoms with Crippen molar-refractivity contribution >= 4 is 0 Å². The Morgan fingerprint density at radius 3 is 2.66 bits per heavy atom. The van der Waals surface area contributed by atoms with Crippen LogP contribution in [0.25, 0.3) is 0 Å². The zero-order valence-electron chi connectivity index (χ0n) is 26.8. The van der Waals surface area contributed by atoms with Gasteiger partial charge in [0.1, 0.15) is 0 Å². The van der Waals surface area contributed by atoms with Crippen molar-refractivity contribution in [2.75, 3.05) is 20.1 Å². The summed E-state index contributed by atoms with van der Waals surface area (Å²) in [7, 11) is 2.09. The van der Waals surface area contributed by atoms with Gasteiger partial charge >= 0.3 is 0 Å². The molecule has 1 heterocycles. The number of aliphatic hydroxyl groups excluding tert-OH is 1. The van der Waals surface area contributed by atoms with E-state index in [9.17, 15) is 10.2 Å². The third kappa shape index (κ3) is 4.32. The summed E-state index contributed by atoms with van der Waals surface area (Å²) < 4.78 is 0. The van der Waals surface area contributed by atoms with Gasteiger partial charge in [0.05, 0.1) is 11.7 Å². The molecule has 0 aromatic rings. The first-order chi connectivity index (χ1) is 19.5. The summed E-state index contributed by atoms with van der Waals surface area (Å²) in [6, 6.07) is 1.73. The van der Waals surface area contributed by atoms with Gasteiger partial charge in [0.15, 0.2) is 0 Å². The largest absolute Gasteiger partial charge is 0.392 e. The highest BCUT2D eigenvalue weighted by atomic mass is 16.3. The number of allylic oxidation sites excluding steroid dienone is 1. The molecule has 0 aromatic carbocycles. The predicted octanol–water partition coefficient (Wildman–Crippen LogP) is 5.27. The molecular weight excluding hydrogens is 506 g/mol. The fraction of sp³-hybridized carbons (Fsp3) is 0.944. The first-order valence-electron chi connectivity index (χ1n) is 17.8. The van der Waals surface area contributed by atoms with Crippen LogP contribution in [0, 0.1) is 57.7 Å². The number of likely N-dealkylation sites (N-methyl/N-ethyl adjacent to an activating group) is 1. The van der Waals surface area contributed by atoms with E-state index >= 15 is 0 Å². The number of fused-ring (bicyclic) bond motifs is 5. The molecule has 14 atom stereocenters. The van der Waals surface area contributed by atoms with Gasteiger partial charge in [0.25, 0.3) is 0 Å². The molecule has 7 rings (SSSR count). The lowest BCUT2D eigenvalue weighted by molar-refractivity contribution is -0.308. The van der Waals surface area contributed by atoms with E-state index < -0.39 is 5.60 Å². The molecule has 3 bridgehead atoms. The maximum absolute atomic E-state index is 12.8. The van der Waals surface area contributed by atoms with Crippen LogP contribution in [-0.2, 0) is 0 Å². The quantitative estimate of drug-likeness (QED) is 0.246. The van der Waals surface area contributed by atoms with Gasteiger partial charge in [-0.25, -0.2) is 0 Å². The Morgan fingerprint density at radius 1 is 1.05 bits per heavy atom. The van der Waals surface area contributed by atoms with E-state index in [-0.39, 0.29) is 34.2 Å². The van der Waals surface area contributed by atoms with Crippen molar-refractivity contribution in [3.05, 3.63) is 12.2 Å². The minimum absolute atomic E-state index is 0.0330. The van der Waals surface area contributed by atoms with Crippen LogP contribution in [0.4, 0.5) is 0 Å². The van der Waals surface area contributed by atoms with Crippen molar-refractivity contribution in [2.24, 2.45) is 57.7 Å². The third-order valence-corrected chi connectivity index (χ3v) is 14.5. The van der Waals surface area contributed by atoms with E-state index in [2.05, 4.69) is 62.8 Å². The zero-order valence-corrected chi connectivity index (χ0v) is 26.8. The predicted molar refractivity (Wildman–Crippen MR) is 166 cm³/mol. The van der Waals surface area contributed by atoms with Gasteiger partial charge in [-0.1, -0.05) is 45.8 Å². The average Bonchev–Trinajstić information content (AvgIpc) is 3.29. The average molecular weight is 568 g/mol. The van der Waals surface area contributed by atoms with Gasteiger partial charge in [0.2, 0.25) is 0 Å². The highest BCUT2D eigenvalue weighted by Crippen LogP contribution is 2.83. The van der Waals surface area contributed by atoms with E-state index in [0.717, 1.165) is 51.1 Å². The summed E-state index contributed by atoms with van der Waals surface area (Å²) in [4.78, 5) is 0. The number of hydrogen-bond acceptors (Lipinski definition) is 5. The molecule has 6 aliphatic carbocycles. The maximum atomic E-state index is 12.8. The summed E-state index contributed by atoms with van der Waals surface area (Å²) >= 11 is 0. The van der Waals surface area contributed by atoms with E-state index in [1.807, 2.05) is 0 Å². The van der Waals surface area contributed by atoms with E-state index in [4.69, 9.17) is 0 Å². The van der Waals surface area contributed by atoms with Gasteiger partial charge in [-0.15, -0.1) is 0 Å². The summed E-state index contributed by atoms with van der Waals surface area (Å²) in [5.74, 6) is 3.69. The SMILES string of the molecule is CNC[C@@H]1CC[C@@H]2C[C@@]34[C@@H](O)[C@@H]5C=C[C@H]6C[C@]5(C)C[C@](O)(C6)[C@@H]3C[C@@]43C[C@@H](CCC[C@H](C)NCC(C)C)C[C@H]3[C@@H]2N1. The lowest BCUT2D eigenvalue weighted by atomic mass is 9.30. The van der Waals surface area contributed by atoms with Crippen molar-refractivity contribution < 1.29 is 10.2 Å². The topological polar surface area (TPSA) is 76.5 Å². The van der Waals surface area contributed by atoms with Crippen molar-refractivity contribution in [3.63, 3.8) is 0 Å². The molecule has 0 unspecified atom stereocenters. The van der Waals surface area contributed by atoms with Crippen LogP contribution in [-0.4, -0.2) is 60.2 Å². The van der Waals surface area contributed by atoms with Crippen LogP contribution < -0.4 is 16.0 Å². The molecule has 5 heteroatoms. The molecule has 7 aliphatic rings. The molecule has 1 saturated heterocycles. The van der Waals surface area contributed by atoms with Crippen molar-refractivity contribution in [2.45, 2.75) is 135 Å². The summed E-state index contributed by atoms with van der Waals surface area (Å²) in [6.45, 7) is 11.5. The highest BCUT2D eigenvalue weighted by molar-refractivity contribution is 5.33. The molecule has 41 heavy (non-hydrogen) atoms. The smallest absolute Gasteiger partial charge is 0.0693 e. The summed E-state index contributed by atoms with van der Waals surface area (Å²) in [6.07, 6.45) is 18.8. The van der Waals surface area contributed by atoms with E-state index in [1.165, 1.54) is 44.9 Å². The number of piperidine rings is 1. The first kappa shape index (κ1) is 29.3. The number of aliphatic hydroxyl groups is 2. The normalized spacial score (nSPS) is 53.6. The number of nitrogens with one attached hydrogen (secondary N) is 3. The number of hydrogen-bond donors (Lipinski definition) is 5. The molecule has 5 saturated carbocycles. The lowest BCUT2D eigenvalue weighted by Crippen LogP contribution is -2.76. The molecule has 0 aromatic heterocycles. The van der Waals surface area contributed by atoms with Crippen LogP contribution in [0.1, 0.15) is 105 Å². The van der Waals surface area contributed by atoms with Crippen molar-refractivity contribution in [3.8, 4) is 0 Å². The van der Waals surface area contributed by atoms with Crippen LogP contribution in [0.2, 0.25) is 0 Å². The van der Waals surface area contributed by atoms with Crippen LogP contribution >= 0.6 is 0 Å². The van der Waals surface area contributed by atoms with Crippen LogP contribution in [0.5, 0.6) is 0 Å². The van der Waals surface area contributed by atoms with Crippen LogP contribution in [0.15, 0.2) is 12.2 Å². The van der Waals surface area contributed by atoms with Gasteiger partial charge in [-0.2, -0.15) is 0 Å². The molecule has 5 nitrogen and oxygen atoms in total. The summed E-state index contributed by atoms with van der Waals surface area (Å²) in [5.41, 5.74) is -0.495. The summed E-state index contributed by atoms with van der Waals surface area (Å²) in [5, 5.41) is 36.8. The van der Waals surface area contributed by atoms with Gasteiger partial charge in [-0.3, -0.25) is 0 Å². The fourth-order valence-electron chi connectivity index (χ4n) is 13.2. The Balaban J connectivity index is 1.19. The molecule has 5 N–H and O–H groups in total. The van der Waals surface area contributed by atoms with Crippen molar-refractivity contribution in [1.29, 1.82) is 0 Å². The maximum Gasteiger partial charge on any atom is 0.0693 e. The zero-order chi connectivity index (χ0) is 28.8. The second-order valence-corrected chi connectivity index (χ2v) is 17.4. The molecule has 1 aliphatic heterocycles. The molecule has 232 valence electrons.